The summed E-state index contributed by atoms with van der Waals surface area (Å²) in [6.45, 7) is 3.44. The van der Waals surface area contributed by atoms with Crippen LogP contribution in [0.5, 0.6) is 5.75 Å². The summed E-state index contributed by atoms with van der Waals surface area (Å²) in [6.07, 6.45) is 1.69. The van der Waals surface area contributed by atoms with E-state index in [1.165, 1.54) is 18.2 Å². The third-order valence-corrected chi connectivity index (χ3v) is 2.21. The van der Waals surface area contributed by atoms with Crippen LogP contribution < -0.4 is 5.32 Å². The fourth-order valence-electron chi connectivity index (χ4n) is 0.981. The van der Waals surface area contributed by atoms with Crippen LogP contribution in [0, 0.1) is 0 Å². The number of anilines is 1. The molecule has 0 aliphatic carbocycles. The highest BCUT2D eigenvalue weighted by Gasteiger charge is 2.08. The molecule has 80 valence electrons. The van der Waals surface area contributed by atoms with Gasteiger partial charge in [-0.05, 0) is 12.1 Å². The molecule has 5 heteroatoms. The second-order valence-electron chi connectivity index (χ2n) is 2.83. The fourth-order valence-corrected chi connectivity index (χ4v) is 1.47. The van der Waals surface area contributed by atoms with Gasteiger partial charge in [0, 0.05) is 12.1 Å². The van der Waals surface area contributed by atoms with Crippen molar-refractivity contribution in [1.82, 2.24) is 0 Å². The van der Waals surface area contributed by atoms with Crippen molar-refractivity contribution in [2.75, 3.05) is 5.32 Å². The Morgan fingerprint density at radius 1 is 1.47 bits per heavy atom. The number of hydrogen-bond acceptors (Lipinski definition) is 2. The highest BCUT2D eigenvalue weighted by molar-refractivity contribution is 6.37. The Morgan fingerprint density at radius 3 is 2.47 bits per heavy atom. The van der Waals surface area contributed by atoms with Gasteiger partial charge in [-0.3, -0.25) is 4.79 Å². The van der Waals surface area contributed by atoms with E-state index in [-0.39, 0.29) is 28.1 Å². The number of phenols is 1. The van der Waals surface area contributed by atoms with Gasteiger partial charge >= 0.3 is 0 Å². The number of hydrogen-bond donors (Lipinski definition) is 2. The Labute approximate surface area is 97.3 Å². The Balaban J connectivity index is 2.87. The van der Waals surface area contributed by atoms with Gasteiger partial charge in [0.15, 0.2) is 5.75 Å². The molecule has 0 heterocycles. The smallest absolute Gasteiger partial charge is 0.228 e. The Morgan fingerprint density at radius 2 is 2.00 bits per heavy atom. The van der Waals surface area contributed by atoms with E-state index in [0.717, 1.165) is 0 Å². The molecule has 0 spiro atoms. The third kappa shape index (κ3) is 3.15. The summed E-state index contributed by atoms with van der Waals surface area (Å²) >= 11 is 11.3. The molecule has 2 N–H and O–H groups in total. The van der Waals surface area contributed by atoms with Crippen molar-refractivity contribution in [1.29, 1.82) is 0 Å². The summed E-state index contributed by atoms with van der Waals surface area (Å²) in [7, 11) is 0. The lowest BCUT2D eigenvalue weighted by Crippen LogP contribution is -2.09. The summed E-state index contributed by atoms with van der Waals surface area (Å²) in [5, 5.41) is 12.0. The van der Waals surface area contributed by atoms with Gasteiger partial charge in [-0.25, -0.2) is 0 Å². The summed E-state index contributed by atoms with van der Waals surface area (Å²) in [6, 6.07) is 2.84. The molecule has 0 atom stereocenters. The fraction of sp³-hybridized carbons (Fsp3) is 0.100. The quantitative estimate of drug-likeness (QED) is 0.635. The largest absolute Gasteiger partial charge is 0.505 e. The first kappa shape index (κ1) is 11.9. The van der Waals surface area contributed by atoms with Crippen molar-refractivity contribution in [3.05, 3.63) is 34.8 Å². The van der Waals surface area contributed by atoms with E-state index in [1.807, 2.05) is 0 Å². The molecular formula is C10H9Cl2NO2. The number of nitrogens with one attached hydrogen (secondary N) is 1. The number of rotatable bonds is 3. The molecule has 3 nitrogen and oxygen atoms in total. The number of benzene rings is 1. The molecule has 0 saturated carbocycles. The highest BCUT2D eigenvalue weighted by Crippen LogP contribution is 2.34. The topological polar surface area (TPSA) is 49.3 Å². The number of carbonyl (C=O) groups excluding carboxylic acids is 1. The van der Waals surface area contributed by atoms with Crippen LogP contribution in [0.4, 0.5) is 5.69 Å². The maximum atomic E-state index is 11.2. The van der Waals surface area contributed by atoms with Crippen LogP contribution in [-0.2, 0) is 4.79 Å². The van der Waals surface area contributed by atoms with Gasteiger partial charge < -0.3 is 10.4 Å². The van der Waals surface area contributed by atoms with Gasteiger partial charge in [0.05, 0.1) is 10.0 Å². The van der Waals surface area contributed by atoms with Crippen molar-refractivity contribution in [2.45, 2.75) is 6.42 Å². The number of carbonyl (C=O) groups is 1. The highest BCUT2D eigenvalue weighted by atomic mass is 35.5. The molecule has 1 rings (SSSR count). The number of halogens is 2. The molecule has 0 saturated heterocycles. The number of phenolic OH excluding ortho intramolecular Hbond substituents is 1. The van der Waals surface area contributed by atoms with E-state index in [0.29, 0.717) is 5.69 Å². The Kier molecular flexibility index (Phi) is 4.00. The molecule has 0 radical (unpaired) electrons. The van der Waals surface area contributed by atoms with E-state index in [2.05, 4.69) is 11.9 Å². The standard InChI is InChI=1S/C10H9Cl2NO2/c1-2-3-9(14)13-6-4-7(11)10(15)8(12)5-6/h2,4-5,15H,1,3H2,(H,13,14). The lowest BCUT2D eigenvalue weighted by atomic mass is 10.3. The van der Waals surface area contributed by atoms with Gasteiger partial charge in [0.25, 0.3) is 0 Å². The molecule has 0 fully saturated rings. The van der Waals surface area contributed by atoms with Crippen LogP contribution in [0.2, 0.25) is 10.0 Å². The summed E-state index contributed by atoms with van der Waals surface area (Å²) < 4.78 is 0. The van der Waals surface area contributed by atoms with Crippen molar-refractivity contribution >= 4 is 34.8 Å². The van der Waals surface area contributed by atoms with E-state index in [9.17, 15) is 9.90 Å². The minimum atomic E-state index is -0.220. The first-order valence-electron chi connectivity index (χ1n) is 4.13. The van der Waals surface area contributed by atoms with Crippen molar-refractivity contribution < 1.29 is 9.90 Å². The molecule has 1 amide bonds. The van der Waals surface area contributed by atoms with Crippen LogP contribution in [0.1, 0.15) is 6.42 Å². The Hall–Kier alpha value is -1.19. The van der Waals surface area contributed by atoms with Crippen LogP contribution in [0.25, 0.3) is 0 Å². The van der Waals surface area contributed by atoms with E-state index in [1.54, 1.807) is 0 Å². The van der Waals surface area contributed by atoms with E-state index < -0.39 is 0 Å². The molecule has 0 aliphatic heterocycles. The second kappa shape index (κ2) is 5.05. The zero-order chi connectivity index (χ0) is 11.4. The molecular weight excluding hydrogens is 237 g/mol. The maximum Gasteiger partial charge on any atom is 0.228 e. The number of aromatic hydroxyl groups is 1. The Bertz CT molecular complexity index is 381. The molecule has 0 bridgehead atoms. The van der Waals surface area contributed by atoms with Crippen molar-refractivity contribution in [3.63, 3.8) is 0 Å². The molecule has 0 aliphatic rings. The summed E-state index contributed by atoms with van der Waals surface area (Å²) in [4.78, 5) is 11.2. The predicted molar refractivity (Wildman–Crippen MR) is 61.6 cm³/mol. The van der Waals surface area contributed by atoms with Crippen LogP contribution >= 0.6 is 23.2 Å². The lowest BCUT2D eigenvalue weighted by Gasteiger charge is -2.06. The van der Waals surface area contributed by atoms with E-state index in [4.69, 9.17) is 23.2 Å². The molecule has 0 aromatic heterocycles. The lowest BCUT2D eigenvalue weighted by molar-refractivity contribution is -0.115. The summed E-state index contributed by atoms with van der Waals surface area (Å²) in [5.74, 6) is -0.414. The number of amides is 1. The normalized spacial score (nSPS) is 9.73. The average molecular weight is 246 g/mol. The average Bonchev–Trinajstić information content (AvgIpc) is 2.14. The van der Waals surface area contributed by atoms with Crippen LogP contribution in [0.15, 0.2) is 24.8 Å². The van der Waals surface area contributed by atoms with Gasteiger partial charge in [0.2, 0.25) is 5.91 Å². The zero-order valence-corrected chi connectivity index (χ0v) is 9.27. The monoisotopic (exact) mass is 245 g/mol. The van der Waals surface area contributed by atoms with Crippen molar-refractivity contribution in [2.24, 2.45) is 0 Å². The third-order valence-electron chi connectivity index (χ3n) is 1.63. The van der Waals surface area contributed by atoms with Crippen molar-refractivity contribution in [3.8, 4) is 5.75 Å². The molecule has 0 unspecified atom stereocenters. The van der Waals surface area contributed by atoms with Gasteiger partial charge in [0.1, 0.15) is 0 Å². The molecule has 1 aromatic carbocycles. The van der Waals surface area contributed by atoms with Gasteiger partial charge in [-0.2, -0.15) is 0 Å². The predicted octanol–water partition coefficient (Wildman–Crippen LogP) is 3.21. The molecule has 1 aromatic rings. The maximum absolute atomic E-state index is 11.2. The first-order chi connectivity index (χ1) is 7.04. The first-order valence-corrected chi connectivity index (χ1v) is 4.89. The second-order valence-corrected chi connectivity index (χ2v) is 3.64. The zero-order valence-electron chi connectivity index (χ0n) is 7.76. The van der Waals surface area contributed by atoms with E-state index >= 15 is 0 Å². The van der Waals surface area contributed by atoms with Crippen LogP contribution in [-0.4, -0.2) is 11.0 Å². The van der Waals surface area contributed by atoms with Gasteiger partial charge in [-0.15, -0.1) is 6.58 Å². The minimum Gasteiger partial charge on any atom is -0.505 e. The molecule has 15 heavy (non-hydrogen) atoms. The van der Waals surface area contributed by atoms with Crippen LogP contribution in [0.3, 0.4) is 0 Å². The minimum absolute atomic E-state index is 0.0939. The SMILES string of the molecule is C=CCC(=O)Nc1cc(Cl)c(O)c(Cl)c1. The van der Waals surface area contributed by atoms with Gasteiger partial charge in [-0.1, -0.05) is 29.3 Å². The summed E-state index contributed by atoms with van der Waals surface area (Å²) in [5.41, 5.74) is 0.439.